The molecule has 0 bridgehead atoms. The van der Waals surface area contributed by atoms with Gasteiger partial charge in [0.2, 0.25) is 5.78 Å². The number of carboxylic acid groups (broad SMARTS) is 1. The van der Waals surface area contributed by atoms with E-state index < -0.39 is 5.97 Å². The third-order valence-corrected chi connectivity index (χ3v) is 5.62. The van der Waals surface area contributed by atoms with Crippen LogP contribution in [0.25, 0.3) is 11.0 Å². The number of ether oxygens (including phenoxy) is 3. The number of unbranched alkanes of at least 4 members (excludes halogenated alkanes) is 1. The number of aromatic carboxylic acids is 1. The van der Waals surface area contributed by atoms with Crippen LogP contribution in [0.15, 0.2) is 60.7 Å². The van der Waals surface area contributed by atoms with Gasteiger partial charge in [-0.3, -0.25) is 4.79 Å². The number of hydrogen-bond donors (Lipinski definition) is 1. The van der Waals surface area contributed by atoms with Crippen molar-refractivity contribution in [2.45, 2.75) is 26.3 Å². The molecule has 0 aliphatic rings. The van der Waals surface area contributed by atoms with Crippen LogP contribution in [0.5, 0.6) is 23.0 Å². The molecule has 0 atom stereocenters. The lowest BCUT2D eigenvalue weighted by atomic mass is 10.1. The second-order valence-electron chi connectivity index (χ2n) is 7.92. The molecule has 0 aliphatic carbocycles. The SMILES string of the molecule is CCCCn1c(C(=O)c2cc(OC)cc(OC)c2)nc2ccc(Oc3ccccc3C(=O)O)cc21. The molecule has 1 heterocycles. The van der Waals surface area contributed by atoms with Crippen molar-refractivity contribution < 1.29 is 28.9 Å². The molecular formula is C27H26N2O6. The fourth-order valence-corrected chi connectivity index (χ4v) is 3.81. The number of hydrogen-bond acceptors (Lipinski definition) is 6. The summed E-state index contributed by atoms with van der Waals surface area (Å²) >= 11 is 0. The lowest BCUT2D eigenvalue weighted by Crippen LogP contribution is -2.12. The topological polar surface area (TPSA) is 99.9 Å². The molecule has 0 fully saturated rings. The summed E-state index contributed by atoms with van der Waals surface area (Å²) in [6.07, 6.45) is 1.78. The van der Waals surface area contributed by atoms with Crippen molar-refractivity contribution in [1.82, 2.24) is 9.55 Å². The van der Waals surface area contributed by atoms with E-state index in [1.807, 2.05) is 4.57 Å². The third-order valence-electron chi connectivity index (χ3n) is 5.62. The molecule has 4 rings (SSSR count). The number of fused-ring (bicyclic) bond motifs is 1. The summed E-state index contributed by atoms with van der Waals surface area (Å²) in [6, 6.07) is 16.7. The first-order valence-corrected chi connectivity index (χ1v) is 11.2. The Morgan fingerprint density at radius 1 is 0.943 bits per heavy atom. The first-order valence-electron chi connectivity index (χ1n) is 11.2. The van der Waals surface area contributed by atoms with Crippen LogP contribution in [0.1, 0.15) is 46.3 Å². The molecule has 0 unspecified atom stereocenters. The van der Waals surface area contributed by atoms with Crippen molar-refractivity contribution in [2.24, 2.45) is 0 Å². The Kier molecular flexibility index (Phi) is 7.01. The summed E-state index contributed by atoms with van der Waals surface area (Å²) < 4.78 is 18.4. The molecule has 1 N–H and O–H groups in total. The van der Waals surface area contributed by atoms with Crippen LogP contribution in [-0.4, -0.2) is 40.6 Å². The quantitative estimate of drug-likeness (QED) is 0.300. The maximum atomic E-state index is 13.5. The number of carbonyl (C=O) groups is 2. The van der Waals surface area contributed by atoms with Gasteiger partial charge in [0.1, 0.15) is 28.6 Å². The van der Waals surface area contributed by atoms with Crippen LogP contribution in [0.2, 0.25) is 0 Å². The van der Waals surface area contributed by atoms with E-state index in [4.69, 9.17) is 14.2 Å². The highest BCUT2D eigenvalue weighted by atomic mass is 16.5. The van der Waals surface area contributed by atoms with Gasteiger partial charge in [-0.1, -0.05) is 25.5 Å². The zero-order valence-corrected chi connectivity index (χ0v) is 19.8. The van der Waals surface area contributed by atoms with Gasteiger partial charge >= 0.3 is 5.97 Å². The predicted octanol–water partition coefficient (Wildman–Crippen LogP) is 5.58. The van der Waals surface area contributed by atoms with E-state index >= 15 is 0 Å². The number of imidazole rings is 1. The molecule has 0 aliphatic heterocycles. The number of rotatable bonds is 10. The highest BCUT2D eigenvalue weighted by Crippen LogP contribution is 2.30. The van der Waals surface area contributed by atoms with Crippen molar-refractivity contribution in [3.05, 3.63) is 77.6 Å². The van der Waals surface area contributed by atoms with E-state index in [0.29, 0.717) is 40.7 Å². The summed E-state index contributed by atoms with van der Waals surface area (Å²) in [4.78, 5) is 29.7. The number of aryl methyl sites for hydroxylation is 1. The molecule has 0 amide bonds. The largest absolute Gasteiger partial charge is 0.497 e. The highest BCUT2D eigenvalue weighted by Gasteiger charge is 2.21. The average molecular weight is 475 g/mol. The average Bonchev–Trinajstić information content (AvgIpc) is 3.24. The maximum Gasteiger partial charge on any atom is 0.339 e. The Morgan fingerprint density at radius 3 is 2.31 bits per heavy atom. The normalized spacial score (nSPS) is 10.8. The predicted molar refractivity (Wildman–Crippen MR) is 131 cm³/mol. The lowest BCUT2D eigenvalue weighted by molar-refractivity contribution is 0.0694. The van der Waals surface area contributed by atoms with Gasteiger partial charge in [-0.15, -0.1) is 0 Å². The van der Waals surface area contributed by atoms with Crippen molar-refractivity contribution in [3.8, 4) is 23.0 Å². The van der Waals surface area contributed by atoms with Gasteiger partial charge in [-0.05, 0) is 42.8 Å². The van der Waals surface area contributed by atoms with Gasteiger partial charge in [-0.2, -0.15) is 0 Å². The Bertz CT molecular complexity index is 1370. The second-order valence-corrected chi connectivity index (χ2v) is 7.92. The molecule has 0 saturated carbocycles. The number of aromatic nitrogens is 2. The van der Waals surface area contributed by atoms with E-state index in [0.717, 1.165) is 18.4 Å². The van der Waals surface area contributed by atoms with Gasteiger partial charge in [0, 0.05) is 24.2 Å². The fraction of sp³-hybridized carbons (Fsp3) is 0.222. The Hall–Kier alpha value is -4.33. The number of carboxylic acids is 1. The zero-order chi connectivity index (χ0) is 24.9. The third kappa shape index (κ3) is 4.96. The zero-order valence-electron chi connectivity index (χ0n) is 19.8. The van der Waals surface area contributed by atoms with Crippen LogP contribution in [0.4, 0.5) is 0 Å². The van der Waals surface area contributed by atoms with E-state index in [9.17, 15) is 14.7 Å². The van der Waals surface area contributed by atoms with Crippen LogP contribution in [0, 0.1) is 0 Å². The molecular weight excluding hydrogens is 448 g/mol. The number of carbonyl (C=O) groups excluding carboxylic acids is 1. The molecule has 0 saturated heterocycles. The molecule has 35 heavy (non-hydrogen) atoms. The number of nitrogens with zero attached hydrogens (tertiary/aromatic N) is 2. The summed E-state index contributed by atoms with van der Waals surface area (Å²) in [5, 5.41) is 9.45. The summed E-state index contributed by atoms with van der Waals surface area (Å²) in [7, 11) is 3.06. The molecule has 3 aromatic carbocycles. The molecule has 8 heteroatoms. The van der Waals surface area contributed by atoms with E-state index in [2.05, 4.69) is 11.9 Å². The summed E-state index contributed by atoms with van der Waals surface area (Å²) in [5.41, 5.74) is 1.83. The molecule has 180 valence electrons. The van der Waals surface area contributed by atoms with Crippen molar-refractivity contribution in [3.63, 3.8) is 0 Å². The van der Waals surface area contributed by atoms with Crippen LogP contribution in [-0.2, 0) is 6.54 Å². The minimum Gasteiger partial charge on any atom is -0.497 e. The monoisotopic (exact) mass is 474 g/mol. The Balaban J connectivity index is 1.78. The van der Waals surface area contributed by atoms with Crippen molar-refractivity contribution in [2.75, 3.05) is 14.2 Å². The van der Waals surface area contributed by atoms with Crippen LogP contribution in [0.3, 0.4) is 0 Å². The molecule has 1 aromatic heterocycles. The smallest absolute Gasteiger partial charge is 0.339 e. The maximum absolute atomic E-state index is 13.5. The number of methoxy groups -OCH3 is 2. The highest BCUT2D eigenvalue weighted by molar-refractivity contribution is 6.08. The van der Waals surface area contributed by atoms with Gasteiger partial charge in [-0.25, -0.2) is 9.78 Å². The molecule has 0 radical (unpaired) electrons. The Labute approximate surface area is 202 Å². The standard InChI is InChI=1S/C27H26N2O6/c1-4-5-12-29-23-16-18(35-24-9-7-6-8-21(24)27(31)32)10-11-22(23)28-26(29)25(30)17-13-19(33-2)15-20(14-17)34-3/h6-11,13-16H,4-5,12H2,1-3H3,(H,31,32). The minimum absolute atomic E-state index is 0.0647. The molecule has 8 nitrogen and oxygen atoms in total. The first-order chi connectivity index (χ1) is 16.9. The second kappa shape index (κ2) is 10.3. The molecule has 0 spiro atoms. The van der Waals surface area contributed by atoms with Gasteiger partial charge < -0.3 is 23.9 Å². The summed E-state index contributed by atoms with van der Waals surface area (Å²) in [5.74, 6) is 0.675. The van der Waals surface area contributed by atoms with Gasteiger partial charge in [0.25, 0.3) is 0 Å². The van der Waals surface area contributed by atoms with E-state index in [1.165, 1.54) is 20.3 Å². The van der Waals surface area contributed by atoms with Gasteiger partial charge in [0.15, 0.2) is 5.82 Å². The number of benzene rings is 3. The van der Waals surface area contributed by atoms with E-state index in [-0.39, 0.29) is 17.1 Å². The number of para-hydroxylation sites is 1. The number of ketones is 1. The minimum atomic E-state index is -1.07. The summed E-state index contributed by atoms with van der Waals surface area (Å²) in [6.45, 7) is 2.66. The van der Waals surface area contributed by atoms with Crippen LogP contribution >= 0.6 is 0 Å². The lowest BCUT2D eigenvalue weighted by Gasteiger charge is -2.11. The fourth-order valence-electron chi connectivity index (χ4n) is 3.81. The molecule has 4 aromatic rings. The van der Waals surface area contributed by atoms with Crippen molar-refractivity contribution in [1.29, 1.82) is 0 Å². The Morgan fingerprint density at radius 2 is 1.66 bits per heavy atom. The first kappa shape index (κ1) is 23.8. The van der Waals surface area contributed by atoms with E-state index in [1.54, 1.807) is 54.6 Å². The van der Waals surface area contributed by atoms with Gasteiger partial charge in [0.05, 0.1) is 25.3 Å². The van der Waals surface area contributed by atoms with Crippen LogP contribution < -0.4 is 14.2 Å². The van der Waals surface area contributed by atoms with Crippen molar-refractivity contribution >= 4 is 22.8 Å².